The smallest absolute Gasteiger partial charge is 0.0693 e. The van der Waals surface area contributed by atoms with Crippen molar-refractivity contribution in [2.75, 3.05) is 0 Å². The average Bonchev–Trinajstić information content (AvgIpc) is 2.64. The van der Waals surface area contributed by atoms with Crippen molar-refractivity contribution in [2.45, 2.75) is 18.3 Å². The largest absolute Gasteiger partial charge is 0.257 e. The lowest BCUT2D eigenvalue weighted by molar-refractivity contribution is 0.790. The number of nitrogens with zero attached hydrogens (tertiary/aromatic N) is 2. The summed E-state index contributed by atoms with van der Waals surface area (Å²) in [4.78, 5) is 8.66. The number of allylic oxidation sites excluding steroid dienone is 2. The SMILES string of the molecule is C1=C[C@H]2C[C@@H]1c1nccnc12. The van der Waals surface area contributed by atoms with Crippen molar-refractivity contribution in [1.82, 2.24) is 9.97 Å². The molecule has 0 saturated heterocycles. The molecule has 2 aliphatic carbocycles. The molecule has 2 atom stereocenters. The van der Waals surface area contributed by atoms with Gasteiger partial charge >= 0.3 is 0 Å². The summed E-state index contributed by atoms with van der Waals surface area (Å²) >= 11 is 0. The molecule has 2 heteroatoms. The Morgan fingerprint density at radius 3 is 2.09 bits per heavy atom. The van der Waals surface area contributed by atoms with Gasteiger partial charge in [-0.1, -0.05) is 12.2 Å². The molecule has 0 aromatic carbocycles. The summed E-state index contributed by atoms with van der Waals surface area (Å²) in [5.74, 6) is 1.15. The van der Waals surface area contributed by atoms with E-state index in [1.165, 1.54) is 17.8 Å². The number of hydrogen-bond acceptors (Lipinski definition) is 2. The van der Waals surface area contributed by atoms with Crippen LogP contribution in [0, 0.1) is 0 Å². The van der Waals surface area contributed by atoms with E-state index in [9.17, 15) is 0 Å². The van der Waals surface area contributed by atoms with Gasteiger partial charge in [-0.05, 0) is 6.42 Å². The van der Waals surface area contributed by atoms with E-state index in [-0.39, 0.29) is 0 Å². The maximum atomic E-state index is 4.33. The summed E-state index contributed by atoms with van der Waals surface area (Å²) in [6.07, 6.45) is 9.28. The zero-order valence-electron chi connectivity index (χ0n) is 6.07. The van der Waals surface area contributed by atoms with Crippen LogP contribution in [0.2, 0.25) is 0 Å². The fourth-order valence-electron chi connectivity index (χ4n) is 2.04. The van der Waals surface area contributed by atoms with Gasteiger partial charge in [0, 0.05) is 24.2 Å². The van der Waals surface area contributed by atoms with E-state index in [4.69, 9.17) is 0 Å². The van der Waals surface area contributed by atoms with Crippen molar-refractivity contribution in [3.05, 3.63) is 35.9 Å². The number of fused-ring (bicyclic) bond motifs is 5. The molecule has 11 heavy (non-hydrogen) atoms. The molecule has 0 aliphatic heterocycles. The summed E-state index contributed by atoms with van der Waals surface area (Å²) in [5.41, 5.74) is 2.42. The first-order chi connectivity index (χ1) is 5.45. The van der Waals surface area contributed by atoms with Crippen molar-refractivity contribution in [1.29, 1.82) is 0 Å². The van der Waals surface area contributed by atoms with E-state index in [0.717, 1.165) is 0 Å². The van der Waals surface area contributed by atoms with Crippen molar-refractivity contribution >= 4 is 0 Å². The minimum Gasteiger partial charge on any atom is -0.257 e. The first-order valence-corrected chi connectivity index (χ1v) is 3.94. The molecule has 0 amide bonds. The zero-order valence-corrected chi connectivity index (χ0v) is 6.07. The van der Waals surface area contributed by atoms with Crippen LogP contribution in [-0.4, -0.2) is 9.97 Å². The van der Waals surface area contributed by atoms with Crippen molar-refractivity contribution in [3.8, 4) is 0 Å². The second-order valence-corrected chi connectivity index (χ2v) is 3.16. The summed E-state index contributed by atoms with van der Waals surface area (Å²) in [7, 11) is 0. The van der Waals surface area contributed by atoms with Gasteiger partial charge in [0.25, 0.3) is 0 Å². The van der Waals surface area contributed by atoms with Gasteiger partial charge in [-0.2, -0.15) is 0 Å². The molecule has 1 heterocycles. The third-order valence-electron chi connectivity index (χ3n) is 2.54. The topological polar surface area (TPSA) is 25.8 Å². The first-order valence-electron chi connectivity index (χ1n) is 3.94. The molecule has 0 N–H and O–H groups in total. The van der Waals surface area contributed by atoms with Crippen LogP contribution in [0.3, 0.4) is 0 Å². The zero-order chi connectivity index (χ0) is 7.26. The summed E-state index contributed by atoms with van der Waals surface area (Å²) in [6, 6.07) is 0. The summed E-state index contributed by atoms with van der Waals surface area (Å²) in [6.45, 7) is 0. The van der Waals surface area contributed by atoms with Gasteiger partial charge in [-0.3, -0.25) is 9.97 Å². The minimum atomic E-state index is 0.573. The Hall–Kier alpha value is -1.18. The highest BCUT2D eigenvalue weighted by molar-refractivity contribution is 5.39. The molecule has 0 saturated carbocycles. The molecule has 0 fully saturated rings. The fraction of sp³-hybridized carbons (Fsp3) is 0.333. The maximum Gasteiger partial charge on any atom is 0.0693 e. The van der Waals surface area contributed by atoms with Crippen molar-refractivity contribution in [2.24, 2.45) is 0 Å². The standard InChI is InChI=1S/C9H8N2/c1-2-7-5-6(1)8-9(7)11-4-3-10-8/h1-4,6-7H,5H2/t6-,7+. The van der Waals surface area contributed by atoms with Gasteiger partial charge < -0.3 is 0 Å². The predicted molar refractivity (Wildman–Crippen MR) is 41.3 cm³/mol. The number of rotatable bonds is 0. The Morgan fingerprint density at radius 1 is 1.00 bits per heavy atom. The lowest BCUT2D eigenvalue weighted by Crippen LogP contribution is -1.98. The quantitative estimate of drug-likeness (QED) is 0.517. The summed E-state index contributed by atoms with van der Waals surface area (Å²) < 4.78 is 0. The fourth-order valence-corrected chi connectivity index (χ4v) is 2.04. The Morgan fingerprint density at radius 2 is 1.55 bits per heavy atom. The van der Waals surface area contributed by atoms with Crippen LogP contribution < -0.4 is 0 Å². The van der Waals surface area contributed by atoms with Gasteiger partial charge in [0.2, 0.25) is 0 Å². The van der Waals surface area contributed by atoms with Gasteiger partial charge in [0.05, 0.1) is 11.4 Å². The highest BCUT2D eigenvalue weighted by Gasteiger charge is 2.34. The predicted octanol–water partition coefficient (Wildman–Crippen LogP) is 1.62. The van der Waals surface area contributed by atoms with Crippen LogP contribution in [0.25, 0.3) is 0 Å². The van der Waals surface area contributed by atoms with Crippen LogP contribution in [0.1, 0.15) is 29.6 Å². The molecule has 54 valence electrons. The molecule has 1 aromatic heterocycles. The normalized spacial score (nSPS) is 30.9. The van der Waals surface area contributed by atoms with Crippen LogP contribution in [-0.2, 0) is 0 Å². The van der Waals surface area contributed by atoms with Gasteiger partial charge in [0.15, 0.2) is 0 Å². The van der Waals surface area contributed by atoms with Crippen molar-refractivity contribution in [3.63, 3.8) is 0 Å². The summed E-state index contributed by atoms with van der Waals surface area (Å²) in [5, 5.41) is 0. The minimum absolute atomic E-state index is 0.573. The van der Waals surface area contributed by atoms with Crippen LogP contribution >= 0.6 is 0 Å². The molecule has 3 rings (SSSR count). The lowest BCUT2D eigenvalue weighted by Gasteiger charge is -2.05. The lowest BCUT2D eigenvalue weighted by atomic mass is 10.1. The Labute approximate surface area is 65.0 Å². The Kier molecular flexibility index (Phi) is 0.844. The van der Waals surface area contributed by atoms with E-state index in [2.05, 4.69) is 22.1 Å². The number of hydrogen-bond donors (Lipinski definition) is 0. The Balaban J connectivity index is 2.28. The van der Waals surface area contributed by atoms with E-state index >= 15 is 0 Å². The van der Waals surface area contributed by atoms with E-state index < -0.39 is 0 Å². The molecule has 2 nitrogen and oxygen atoms in total. The molecule has 0 unspecified atom stereocenters. The molecular weight excluding hydrogens is 136 g/mol. The monoisotopic (exact) mass is 144 g/mol. The average molecular weight is 144 g/mol. The molecule has 2 aliphatic rings. The molecule has 2 bridgehead atoms. The molecular formula is C9H8N2. The third kappa shape index (κ3) is 0.570. The van der Waals surface area contributed by atoms with Crippen LogP contribution in [0.5, 0.6) is 0 Å². The van der Waals surface area contributed by atoms with Gasteiger partial charge in [-0.25, -0.2) is 0 Å². The highest BCUT2D eigenvalue weighted by Crippen LogP contribution is 2.45. The highest BCUT2D eigenvalue weighted by atomic mass is 14.8. The third-order valence-corrected chi connectivity index (χ3v) is 2.54. The second-order valence-electron chi connectivity index (χ2n) is 3.16. The Bertz CT molecular complexity index is 299. The molecule has 0 radical (unpaired) electrons. The van der Waals surface area contributed by atoms with Crippen LogP contribution in [0.4, 0.5) is 0 Å². The van der Waals surface area contributed by atoms with Gasteiger partial charge in [-0.15, -0.1) is 0 Å². The van der Waals surface area contributed by atoms with Crippen molar-refractivity contribution < 1.29 is 0 Å². The number of aromatic nitrogens is 2. The second kappa shape index (κ2) is 1.70. The van der Waals surface area contributed by atoms with E-state index in [1.807, 2.05) is 0 Å². The molecule has 0 spiro atoms. The van der Waals surface area contributed by atoms with Gasteiger partial charge in [0.1, 0.15) is 0 Å². The molecule has 1 aromatic rings. The van der Waals surface area contributed by atoms with Crippen LogP contribution in [0.15, 0.2) is 24.5 Å². The first kappa shape index (κ1) is 5.47. The van der Waals surface area contributed by atoms with E-state index in [0.29, 0.717) is 11.8 Å². The van der Waals surface area contributed by atoms with E-state index in [1.54, 1.807) is 12.4 Å². The maximum absolute atomic E-state index is 4.33.